The fourth-order valence-corrected chi connectivity index (χ4v) is 3.45. The van der Waals surface area contributed by atoms with E-state index in [1.807, 2.05) is 12.3 Å². The molecule has 3 heteroatoms. The van der Waals surface area contributed by atoms with Gasteiger partial charge in [0.15, 0.2) is 11.6 Å². The van der Waals surface area contributed by atoms with Crippen molar-refractivity contribution in [2.45, 2.75) is 44.9 Å². The second kappa shape index (κ2) is 7.69. The molecule has 1 aliphatic rings. The van der Waals surface area contributed by atoms with Crippen molar-refractivity contribution in [2.75, 3.05) is 0 Å². The van der Waals surface area contributed by atoms with Crippen molar-refractivity contribution in [3.05, 3.63) is 65.9 Å². The van der Waals surface area contributed by atoms with Crippen molar-refractivity contribution in [2.24, 2.45) is 5.92 Å². The van der Waals surface area contributed by atoms with Gasteiger partial charge < -0.3 is 0 Å². The van der Waals surface area contributed by atoms with Crippen LogP contribution in [0.5, 0.6) is 0 Å². The number of hydrogen-bond donors (Lipinski definition) is 0. The van der Waals surface area contributed by atoms with Crippen LogP contribution in [0.2, 0.25) is 0 Å². The van der Waals surface area contributed by atoms with Gasteiger partial charge in [0.05, 0.1) is 5.69 Å². The van der Waals surface area contributed by atoms with Gasteiger partial charge >= 0.3 is 0 Å². The molecule has 0 N–H and O–H groups in total. The van der Waals surface area contributed by atoms with Crippen molar-refractivity contribution in [1.82, 2.24) is 4.98 Å². The minimum absolute atomic E-state index is 0.558. The zero-order chi connectivity index (χ0) is 16.9. The molecular weight excluding hydrogens is 304 g/mol. The molecule has 0 radical (unpaired) electrons. The molecule has 1 aromatic heterocycles. The molecule has 0 saturated heterocycles. The van der Waals surface area contributed by atoms with Gasteiger partial charge in [-0.3, -0.25) is 4.98 Å². The Kier molecular flexibility index (Phi) is 5.39. The molecule has 0 unspecified atom stereocenters. The first-order chi connectivity index (χ1) is 11.7. The molecule has 1 fully saturated rings. The van der Waals surface area contributed by atoms with Crippen LogP contribution in [0.3, 0.4) is 0 Å². The van der Waals surface area contributed by atoms with Crippen LogP contribution in [0, 0.1) is 17.6 Å². The summed E-state index contributed by atoms with van der Waals surface area (Å²) in [5.41, 5.74) is 2.53. The lowest BCUT2D eigenvalue weighted by Gasteiger charge is -2.27. The highest BCUT2D eigenvalue weighted by atomic mass is 19.2. The molecule has 1 aromatic carbocycles. The minimum atomic E-state index is -0.836. The van der Waals surface area contributed by atoms with Crippen molar-refractivity contribution in [1.29, 1.82) is 0 Å². The summed E-state index contributed by atoms with van der Waals surface area (Å²) in [5.74, 6) is -0.389. The van der Waals surface area contributed by atoms with Crippen molar-refractivity contribution in [3.8, 4) is 11.3 Å². The molecule has 0 bridgehead atoms. The van der Waals surface area contributed by atoms with Gasteiger partial charge in [0.25, 0.3) is 0 Å². The summed E-state index contributed by atoms with van der Waals surface area (Å²) >= 11 is 0. The Labute approximate surface area is 142 Å². The molecule has 1 nitrogen and oxygen atoms in total. The average molecular weight is 327 g/mol. The average Bonchev–Trinajstić information content (AvgIpc) is 2.63. The van der Waals surface area contributed by atoms with E-state index >= 15 is 0 Å². The third-order valence-corrected chi connectivity index (χ3v) is 4.89. The van der Waals surface area contributed by atoms with Crippen LogP contribution < -0.4 is 0 Å². The Morgan fingerprint density at radius 2 is 1.83 bits per heavy atom. The first-order valence-corrected chi connectivity index (χ1v) is 8.75. The molecule has 1 saturated carbocycles. The fourth-order valence-electron chi connectivity index (χ4n) is 3.45. The summed E-state index contributed by atoms with van der Waals surface area (Å²) in [5, 5.41) is 0. The van der Waals surface area contributed by atoms with Crippen molar-refractivity contribution < 1.29 is 8.78 Å². The van der Waals surface area contributed by atoms with Gasteiger partial charge in [0.1, 0.15) is 0 Å². The number of nitrogens with zero attached hydrogens (tertiary/aromatic N) is 1. The second-order valence-corrected chi connectivity index (χ2v) is 6.55. The number of aromatic nitrogens is 1. The predicted octanol–water partition coefficient (Wildman–Crippen LogP) is 6.27. The topological polar surface area (TPSA) is 12.9 Å². The molecule has 24 heavy (non-hydrogen) atoms. The molecule has 0 amide bonds. The van der Waals surface area contributed by atoms with E-state index in [0.29, 0.717) is 17.2 Å². The van der Waals surface area contributed by atoms with Crippen LogP contribution in [0.25, 0.3) is 11.3 Å². The molecule has 1 heterocycles. The number of benzene rings is 1. The maximum absolute atomic E-state index is 13.4. The summed E-state index contributed by atoms with van der Waals surface area (Å²) in [7, 11) is 0. The predicted molar refractivity (Wildman–Crippen MR) is 93.7 cm³/mol. The van der Waals surface area contributed by atoms with Gasteiger partial charge in [-0.05, 0) is 73.8 Å². The number of pyridine rings is 1. The van der Waals surface area contributed by atoms with E-state index in [1.54, 1.807) is 6.07 Å². The van der Waals surface area contributed by atoms with E-state index in [-0.39, 0.29) is 0 Å². The van der Waals surface area contributed by atoms with Gasteiger partial charge in [-0.2, -0.15) is 0 Å². The second-order valence-electron chi connectivity index (χ2n) is 6.55. The van der Waals surface area contributed by atoms with Gasteiger partial charge in [-0.1, -0.05) is 25.1 Å². The molecule has 3 rings (SSSR count). The van der Waals surface area contributed by atoms with Gasteiger partial charge in [0.2, 0.25) is 0 Å². The summed E-state index contributed by atoms with van der Waals surface area (Å²) in [6.07, 6.45) is 12.5. The van der Waals surface area contributed by atoms with Gasteiger partial charge in [-0.15, -0.1) is 0 Å². The first-order valence-electron chi connectivity index (χ1n) is 8.75. The normalized spacial score (nSPS) is 21.3. The van der Waals surface area contributed by atoms with E-state index in [2.05, 4.69) is 30.1 Å². The maximum Gasteiger partial charge on any atom is 0.159 e. The smallest absolute Gasteiger partial charge is 0.159 e. The lowest BCUT2D eigenvalue weighted by molar-refractivity contribution is 0.375. The molecule has 0 spiro atoms. The Bertz CT molecular complexity index is 698. The Morgan fingerprint density at radius 1 is 1.04 bits per heavy atom. The van der Waals surface area contributed by atoms with Crippen molar-refractivity contribution >= 4 is 0 Å². The number of halogens is 2. The summed E-state index contributed by atoms with van der Waals surface area (Å²) in [4.78, 5) is 4.46. The zero-order valence-corrected chi connectivity index (χ0v) is 14.0. The lowest BCUT2D eigenvalue weighted by atomic mass is 9.79. The number of hydrogen-bond acceptors (Lipinski definition) is 1. The third-order valence-electron chi connectivity index (χ3n) is 4.89. The minimum Gasteiger partial charge on any atom is -0.256 e. The summed E-state index contributed by atoms with van der Waals surface area (Å²) in [6.45, 7) is 2.17. The Hall–Kier alpha value is -2.03. The number of rotatable bonds is 4. The van der Waals surface area contributed by atoms with Crippen LogP contribution in [0.1, 0.15) is 50.5 Å². The SMILES string of the molecule is CC/C=C/[C@H]1CC[C@H](c2ccc(-c3ccc(F)c(F)c3)nc2)CC1. The van der Waals surface area contributed by atoms with Gasteiger partial charge in [0, 0.05) is 11.8 Å². The highest BCUT2D eigenvalue weighted by Gasteiger charge is 2.21. The molecule has 0 atom stereocenters. The third kappa shape index (κ3) is 3.89. The quantitative estimate of drug-likeness (QED) is 0.603. The molecular formula is C21H23F2N. The van der Waals surface area contributed by atoms with Crippen LogP contribution in [0.15, 0.2) is 48.7 Å². The maximum atomic E-state index is 13.4. The highest BCUT2D eigenvalue weighted by Crippen LogP contribution is 2.36. The number of allylic oxidation sites excluding steroid dienone is 2. The van der Waals surface area contributed by atoms with Crippen LogP contribution in [0.4, 0.5) is 8.78 Å². The lowest BCUT2D eigenvalue weighted by Crippen LogP contribution is -2.12. The summed E-state index contributed by atoms with van der Waals surface area (Å²) in [6, 6.07) is 7.89. The molecule has 2 aromatic rings. The first kappa shape index (κ1) is 16.8. The van der Waals surface area contributed by atoms with E-state index in [0.717, 1.165) is 18.4 Å². The van der Waals surface area contributed by atoms with Crippen LogP contribution in [-0.4, -0.2) is 4.98 Å². The Balaban J connectivity index is 1.67. The monoisotopic (exact) mass is 327 g/mol. The molecule has 0 aliphatic heterocycles. The van der Waals surface area contributed by atoms with E-state index < -0.39 is 11.6 Å². The highest BCUT2D eigenvalue weighted by molar-refractivity contribution is 5.59. The van der Waals surface area contributed by atoms with Crippen LogP contribution in [-0.2, 0) is 0 Å². The van der Waals surface area contributed by atoms with E-state index in [4.69, 9.17) is 0 Å². The largest absolute Gasteiger partial charge is 0.256 e. The van der Waals surface area contributed by atoms with E-state index in [1.165, 1.54) is 37.3 Å². The fraction of sp³-hybridized carbons (Fsp3) is 0.381. The molecule has 126 valence electrons. The van der Waals surface area contributed by atoms with Crippen LogP contribution >= 0.6 is 0 Å². The zero-order valence-electron chi connectivity index (χ0n) is 14.0. The standard InChI is InChI=1S/C21H23F2N/c1-2-3-4-15-5-7-16(8-6-15)18-10-12-21(24-14-18)17-9-11-19(22)20(23)13-17/h3-4,9-16H,2,5-8H2,1H3/b4-3+/t15-,16-. The summed E-state index contributed by atoms with van der Waals surface area (Å²) < 4.78 is 26.4. The molecule has 1 aliphatic carbocycles. The van der Waals surface area contributed by atoms with Gasteiger partial charge in [-0.25, -0.2) is 8.78 Å². The Morgan fingerprint density at radius 3 is 2.46 bits per heavy atom. The van der Waals surface area contributed by atoms with Crippen molar-refractivity contribution in [3.63, 3.8) is 0 Å². The van der Waals surface area contributed by atoms with E-state index in [9.17, 15) is 8.78 Å².